The van der Waals surface area contributed by atoms with Crippen molar-refractivity contribution in [1.82, 2.24) is 4.90 Å². The van der Waals surface area contributed by atoms with Gasteiger partial charge in [0.25, 0.3) is 0 Å². The van der Waals surface area contributed by atoms with Crippen LogP contribution in [0.1, 0.15) is 6.92 Å². The van der Waals surface area contributed by atoms with E-state index in [2.05, 4.69) is 6.92 Å². The van der Waals surface area contributed by atoms with Gasteiger partial charge in [0.2, 0.25) is 0 Å². The average molecular weight is 185 g/mol. The fraction of sp³-hybridized carbons (Fsp3) is 0.889. The van der Waals surface area contributed by atoms with Crippen molar-refractivity contribution in [3.8, 4) is 0 Å². The molecule has 0 N–H and O–H groups in total. The summed E-state index contributed by atoms with van der Waals surface area (Å²) >= 11 is 0. The van der Waals surface area contributed by atoms with Gasteiger partial charge in [-0.3, -0.25) is 0 Å². The van der Waals surface area contributed by atoms with E-state index in [1.807, 2.05) is 0 Å². The van der Waals surface area contributed by atoms with E-state index in [0.29, 0.717) is 5.92 Å². The number of hydrogen-bond acceptors (Lipinski definition) is 3. The predicted molar refractivity (Wildman–Crippen MR) is 46.4 cm³/mol. The van der Waals surface area contributed by atoms with Crippen LogP contribution in [0.4, 0.5) is 4.79 Å². The molecule has 0 aromatic heterocycles. The Balaban J connectivity index is 2.05. The van der Waals surface area contributed by atoms with Gasteiger partial charge in [0.05, 0.1) is 20.3 Å². The van der Waals surface area contributed by atoms with Crippen molar-refractivity contribution < 1.29 is 14.3 Å². The van der Waals surface area contributed by atoms with Crippen molar-refractivity contribution in [3.63, 3.8) is 0 Å². The van der Waals surface area contributed by atoms with Crippen LogP contribution in [-0.4, -0.2) is 44.4 Å². The van der Waals surface area contributed by atoms with E-state index in [-0.39, 0.29) is 11.5 Å². The molecular weight excluding hydrogens is 170 g/mol. The molecule has 0 radical (unpaired) electrons. The summed E-state index contributed by atoms with van der Waals surface area (Å²) in [6, 6.07) is 0. The van der Waals surface area contributed by atoms with Crippen molar-refractivity contribution in [2.24, 2.45) is 11.3 Å². The Morgan fingerprint density at radius 1 is 1.69 bits per heavy atom. The summed E-state index contributed by atoms with van der Waals surface area (Å²) in [4.78, 5) is 13.0. The van der Waals surface area contributed by atoms with Crippen LogP contribution < -0.4 is 0 Å². The van der Waals surface area contributed by atoms with Crippen LogP contribution in [0.25, 0.3) is 0 Å². The standard InChI is InChI=1S/C9H15NO3/c1-9-5-10(8(11)12-2)3-7(9)4-13-6-9/h7H,3-6H2,1-2H3/t7?,9-/m0/s1. The second-order valence-corrected chi connectivity index (χ2v) is 4.22. The molecule has 2 fully saturated rings. The molecule has 13 heavy (non-hydrogen) atoms. The van der Waals surface area contributed by atoms with E-state index in [9.17, 15) is 4.79 Å². The summed E-state index contributed by atoms with van der Waals surface area (Å²) < 4.78 is 10.1. The molecule has 2 rings (SSSR count). The number of amides is 1. The third-order valence-electron chi connectivity index (χ3n) is 3.16. The summed E-state index contributed by atoms with van der Waals surface area (Å²) in [7, 11) is 1.43. The van der Waals surface area contributed by atoms with Crippen LogP contribution >= 0.6 is 0 Å². The first-order valence-electron chi connectivity index (χ1n) is 4.56. The van der Waals surface area contributed by atoms with Gasteiger partial charge in [0, 0.05) is 24.4 Å². The monoisotopic (exact) mass is 185 g/mol. The topological polar surface area (TPSA) is 38.8 Å². The minimum Gasteiger partial charge on any atom is -0.453 e. The summed E-state index contributed by atoms with van der Waals surface area (Å²) in [5.74, 6) is 0.492. The van der Waals surface area contributed by atoms with Gasteiger partial charge in [0.1, 0.15) is 0 Å². The average Bonchev–Trinajstić information content (AvgIpc) is 2.57. The Morgan fingerprint density at radius 3 is 3.08 bits per heavy atom. The third kappa shape index (κ3) is 1.29. The zero-order valence-corrected chi connectivity index (χ0v) is 8.08. The first kappa shape index (κ1) is 8.81. The molecule has 0 saturated carbocycles. The van der Waals surface area contributed by atoms with Gasteiger partial charge < -0.3 is 14.4 Å². The molecule has 0 aliphatic carbocycles. The molecule has 1 amide bonds. The number of hydrogen-bond donors (Lipinski definition) is 0. The third-order valence-corrected chi connectivity index (χ3v) is 3.16. The maximum absolute atomic E-state index is 11.3. The van der Waals surface area contributed by atoms with Gasteiger partial charge in [-0.2, -0.15) is 0 Å². The molecule has 0 aromatic rings. The SMILES string of the molecule is COC(=O)N1CC2COC[C@]2(C)C1. The number of likely N-dealkylation sites (tertiary alicyclic amines) is 1. The number of methoxy groups -OCH3 is 1. The van der Waals surface area contributed by atoms with Gasteiger partial charge >= 0.3 is 6.09 Å². The lowest BCUT2D eigenvalue weighted by Gasteiger charge is -2.20. The lowest BCUT2D eigenvalue weighted by atomic mass is 9.83. The van der Waals surface area contributed by atoms with Crippen molar-refractivity contribution in [3.05, 3.63) is 0 Å². The smallest absolute Gasteiger partial charge is 0.409 e. The zero-order valence-electron chi connectivity index (χ0n) is 8.08. The second-order valence-electron chi connectivity index (χ2n) is 4.22. The number of carbonyl (C=O) groups is 1. The van der Waals surface area contributed by atoms with E-state index in [1.54, 1.807) is 4.90 Å². The number of ether oxygens (including phenoxy) is 2. The Bertz CT molecular complexity index is 231. The van der Waals surface area contributed by atoms with Crippen LogP contribution in [0.2, 0.25) is 0 Å². The number of rotatable bonds is 0. The van der Waals surface area contributed by atoms with Gasteiger partial charge in [0.15, 0.2) is 0 Å². The minimum absolute atomic E-state index is 0.161. The highest BCUT2D eigenvalue weighted by atomic mass is 16.5. The van der Waals surface area contributed by atoms with Crippen molar-refractivity contribution >= 4 is 6.09 Å². The molecule has 2 atom stereocenters. The summed E-state index contributed by atoms with van der Waals surface area (Å²) in [6.07, 6.45) is -0.212. The van der Waals surface area contributed by atoms with Gasteiger partial charge in [-0.15, -0.1) is 0 Å². The van der Waals surface area contributed by atoms with Gasteiger partial charge in [-0.05, 0) is 0 Å². The molecular formula is C9H15NO3. The van der Waals surface area contributed by atoms with E-state index in [4.69, 9.17) is 9.47 Å². The molecule has 4 heteroatoms. The Hall–Kier alpha value is -0.770. The fourth-order valence-electron chi connectivity index (χ4n) is 2.24. The molecule has 2 heterocycles. The van der Waals surface area contributed by atoms with E-state index >= 15 is 0 Å². The van der Waals surface area contributed by atoms with Crippen molar-refractivity contribution in [2.45, 2.75) is 6.92 Å². The molecule has 0 aromatic carbocycles. The van der Waals surface area contributed by atoms with E-state index in [0.717, 1.165) is 26.3 Å². The Morgan fingerprint density at radius 2 is 2.46 bits per heavy atom. The molecule has 2 aliphatic heterocycles. The molecule has 0 bridgehead atoms. The van der Waals surface area contributed by atoms with Crippen LogP contribution in [-0.2, 0) is 9.47 Å². The number of fused-ring (bicyclic) bond motifs is 1. The molecule has 74 valence electrons. The largest absolute Gasteiger partial charge is 0.453 e. The highest BCUT2D eigenvalue weighted by Crippen LogP contribution is 2.40. The maximum atomic E-state index is 11.3. The van der Waals surface area contributed by atoms with Crippen LogP contribution in [0, 0.1) is 11.3 Å². The quantitative estimate of drug-likeness (QED) is 0.558. The molecule has 1 unspecified atom stereocenters. The van der Waals surface area contributed by atoms with Gasteiger partial charge in [-0.1, -0.05) is 6.92 Å². The lowest BCUT2D eigenvalue weighted by molar-refractivity contribution is 0.107. The number of carbonyl (C=O) groups excluding carboxylic acids is 1. The molecule has 2 aliphatic rings. The first-order chi connectivity index (χ1) is 6.15. The van der Waals surface area contributed by atoms with Crippen LogP contribution in [0.5, 0.6) is 0 Å². The Kier molecular flexibility index (Phi) is 1.95. The minimum atomic E-state index is -0.212. The molecule has 2 saturated heterocycles. The molecule has 0 spiro atoms. The second kappa shape index (κ2) is 2.87. The highest BCUT2D eigenvalue weighted by Gasteiger charge is 2.48. The summed E-state index contributed by atoms with van der Waals surface area (Å²) in [5.41, 5.74) is 0.161. The zero-order chi connectivity index (χ0) is 9.47. The van der Waals surface area contributed by atoms with E-state index in [1.165, 1.54) is 7.11 Å². The molecule has 4 nitrogen and oxygen atoms in total. The number of nitrogens with zero attached hydrogens (tertiary/aromatic N) is 1. The summed E-state index contributed by atoms with van der Waals surface area (Å²) in [6.45, 7) is 5.27. The van der Waals surface area contributed by atoms with Crippen LogP contribution in [0.3, 0.4) is 0 Å². The Labute approximate surface area is 77.8 Å². The highest BCUT2D eigenvalue weighted by molar-refractivity contribution is 5.68. The lowest BCUT2D eigenvalue weighted by Crippen LogP contribution is -2.32. The fourth-order valence-corrected chi connectivity index (χ4v) is 2.24. The summed E-state index contributed by atoms with van der Waals surface area (Å²) in [5, 5.41) is 0. The first-order valence-corrected chi connectivity index (χ1v) is 4.56. The maximum Gasteiger partial charge on any atom is 0.409 e. The van der Waals surface area contributed by atoms with Gasteiger partial charge in [-0.25, -0.2) is 4.79 Å². The van der Waals surface area contributed by atoms with Crippen molar-refractivity contribution in [2.75, 3.05) is 33.4 Å². The normalized spacial score (nSPS) is 37.7. The predicted octanol–water partition coefficient (Wildman–Crippen LogP) is 0.721. The van der Waals surface area contributed by atoms with Crippen molar-refractivity contribution in [1.29, 1.82) is 0 Å². The van der Waals surface area contributed by atoms with E-state index < -0.39 is 0 Å². The van der Waals surface area contributed by atoms with Crippen LogP contribution in [0.15, 0.2) is 0 Å².